The number of rotatable bonds is 1. The van der Waals surface area contributed by atoms with Crippen LogP contribution in [-0.2, 0) is 6.61 Å². The topological polar surface area (TPSA) is 20.2 Å². The lowest BCUT2D eigenvalue weighted by molar-refractivity contribution is 0.281. The Labute approximate surface area is 75.3 Å². The molecule has 0 aliphatic carbocycles. The third-order valence-electron chi connectivity index (χ3n) is 2.08. The Bertz CT molecular complexity index is 403. The first-order valence-corrected chi connectivity index (χ1v) is 4.77. The van der Waals surface area contributed by atoms with Crippen molar-refractivity contribution in [3.05, 3.63) is 34.7 Å². The molecule has 0 aliphatic heterocycles. The summed E-state index contributed by atoms with van der Waals surface area (Å²) in [6, 6.07) is 6.27. The Morgan fingerprint density at radius 2 is 2.25 bits per heavy atom. The minimum absolute atomic E-state index is 0.137. The number of thiophene rings is 1. The first kappa shape index (κ1) is 7.77. The van der Waals surface area contributed by atoms with Gasteiger partial charge in [0.05, 0.1) is 6.61 Å². The molecule has 0 fully saturated rings. The standard InChI is InChI=1S/C10H10OS/c1-7-4-10-8(2-3-12-10)5-9(7)6-11/h2-5,11H,6H2,1H3. The molecule has 0 amide bonds. The van der Waals surface area contributed by atoms with Gasteiger partial charge in [-0.2, -0.15) is 0 Å². The molecule has 2 aromatic rings. The molecule has 0 unspecified atom stereocenters. The smallest absolute Gasteiger partial charge is 0.0684 e. The average molecular weight is 178 g/mol. The molecule has 1 aromatic carbocycles. The fourth-order valence-electron chi connectivity index (χ4n) is 1.33. The van der Waals surface area contributed by atoms with Crippen molar-refractivity contribution in [2.24, 2.45) is 0 Å². The number of benzene rings is 1. The predicted octanol–water partition coefficient (Wildman–Crippen LogP) is 2.70. The van der Waals surface area contributed by atoms with Gasteiger partial charge < -0.3 is 5.11 Å². The van der Waals surface area contributed by atoms with Crippen LogP contribution in [0.15, 0.2) is 23.6 Å². The molecule has 62 valence electrons. The highest BCUT2D eigenvalue weighted by Crippen LogP contribution is 2.24. The minimum Gasteiger partial charge on any atom is -0.392 e. The Kier molecular flexibility index (Phi) is 1.87. The van der Waals surface area contributed by atoms with E-state index in [1.807, 2.05) is 6.92 Å². The largest absolute Gasteiger partial charge is 0.392 e. The van der Waals surface area contributed by atoms with Crippen molar-refractivity contribution in [1.82, 2.24) is 0 Å². The quantitative estimate of drug-likeness (QED) is 0.711. The van der Waals surface area contributed by atoms with Crippen molar-refractivity contribution in [1.29, 1.82) is 0 Å². The van der Waals surface area contributed by atoms with E-state index in [0.29, 0.717) is 0 Å². The summed E-state index contributed by atoms with van der Waals surface area (Å²) >= 11 is 1.74. The van der Waals surface area contributed by atoms with E-state index < -0.39 is 0 Å². The normalized spacial score (nSPS) is 10.8. The average Bonchev–Trinajstić information content (AvgIpc) is 2.49. The van der Waals surface area contributed by atoms with Crippen molar-refractivity contribution in [2.75, 3.05) is 0 Å². The lowest BCUT2D eigenvalue weighted by Gasteiger charge is -2.01. The van der Waals surface area contributed by atoms with Gasteiger partial charge >= 0.3 is 0 Å². The number of fused-ring (bicyclic) bond motifs is 1. The van der Waals surface area contributed by atoms with E-state index in [4.69, 9.17) is 5.11 Å². The number of hydrogen-bond donors (Lipinski definition) is 1. The van der Waals surface area contributed by atoms with Gasteiger partial charge in [0.15, 0.2) is 0 Å². The summed E-state index contributed by atoms with van der Waals surface area (Å²) in [5.74, 6) is 0. The van der Waals surface area contributed by atoms with Crippen LogP contribution in [0.5, 0.6) is 0 Å². The fourth-order valence-corrected chi connectivity index (χ4v) is 2.20. The molecular formula is C10H10OS. The second-order valence-electron chi connectivity index (χ2n) is 2.90. The zero-order valence-electron chi connectivity index (χ0n) is 6.87. The molecule has 1 N–H and O–H groups in total. The molecule has 1 heterocycles. The summed E-state index contributed by atoms with van der Waals surface area (Å²) in [4.78, 5) is 0. The van der Waals surface area contributed by atoms with Crippen LogP contribution < -0.4 is 0 Å². The molecule has 12 heavy (non-hydrogen) atoms. The SMILES string of the molecule is Cc1cc2sccc2cc1CO. The van der Waals surface area contributed by atoms with E-state index in [9.17, 15) is 0 Å². The third-order valence-corrected chi connectivity index (χ3v) is 2.96. The summed E-state index contributed by atoms with van der Waals surface area (Å²) in [5.41, 5.74) is 2.20. The van der Waals surface area contributed by atoms with Crippen LogP contribution in [-0.4, -0.2) is 5.11 Å². The molecule has 0 bridgehead atoms. The molecule has 0 spiro atoms. The van der Waals surface area contributed by atoms with E-state index >= 15 is 0 Å². The molecule has 1 nitrogen and oxygen atoms in total. The summed E-state index contributed by atoms with van der Waals surface area (Å²) in [6.45, 7) is 2.17. The Morgan fingerprint density at radius 1 is 1.42 bits per heavy atom. The lowest BCUT2D eigenvalue weighted by atomic mass is 10.1. The van der Waals surface area contributed by atoms with Crippen molar-refractivity contribution >= 4 is 21.4 Å². The van der Waals surface area contributed by atoms with Crippen molar-refractivity contribution in [3.8, 4) is 0 Å². The number of aliphatic hydroxyl groups is 1. The predicted molar refractivity (Wildman–Crippen MR) is 52.5 cm³/mol. The molecular weight excluding hydrogens is 168 g/mol. The van der Waals surface area contributed by atoms with Gasteiger partial charge in [0.1, 0.15) is 0 Å². The second kappa shape index (κ2) is 2.88. The van der Waals surface area contributed by atoms with Gasteiger partial charge in [-0.25, -0.2) is 0 Å². The van der Waals surface area contributed by atoms with Crippen LogP contribution in [0.4, 0.5) is 0 Å². The maximum atomic E-state index is 9.02. The van der Waals surface area contributed by atoms with Crippen LogP contribution >= 0.6 is 11.3 Å². The molecule has 1 aromatic heterocycles. The fraction of sp³-hybridized carbons (Fsp3) is 0.200. The minimum atomic E-state index is 0.137. The zero-order chi connectivity index (χ0) is 8.55. The summed E-state index contributed by atoms with van der Waals surface area (Å²) in [7, 11) is 0. The van der Waals surface area contributed by atoms with E-state index in [2.05, 4.69) is 23.6 Å². The van der Waals surface area contributed by atoms with Crippen molar-refractivity contribution < 1.29 is 5.11 Å². The zero-order valence-corrected chi connectivity index (χ0v) is 7.69. The van der Waals surface area contributed by atoms with Crippen LogP contribution in [0, 0.1) is 6.92 Å². The first-order valence-electron chi connectivity index (χ1n) is 3.89. The van der Waals surface area contributed by atoms with Gasteiger partial charge in [-0.05, 0) is 47.0 Å². The van der Waals surface area contributed by atoms with Gasteiger partial charge in [0, 0.05) is 4.70 Å². The summed E-state index contributed by atoms with van der Waals surface area (Å²) in [5, 5.41) is 12.3. The van der Waals surface area contributed by atoms with E-state index in [1.54, 1.807) is 11.3 Å². The third kappa shape index (κ3) is 1.13. The molecule has 0 saturated heterocycles. The van der Waals surface area contributed by atoms with Crippen LogP contribution in [0.2, 0.25) is 0 Å². The highest BCUT2D eigenvalue weighted by Gasteiger charge is 2.00. The number of aryl methyl sites for hydroxylation is 1. The van der Waals surface area contributed by atoms with E-state index in [0.717, 1.165) is 5.56 Å². The van der Waals surface area contributed by atoms with Crippen LogP contribution in [0.25, 0.3) is 10.1 Å². The lowest BCUT2D eigenvalue weighted by Crippen LogP contribution is -1.86. The maximum absolute atomic E-state index is 9.02. The molecule has 0 saturated carbocycles. The van der Waals surface area contributed by atoms with Gasteiger partial charge in [-0.1, -0.05) is 0 Å². The molecule has 0 aliphatic rings. The molecule has 0 radical (unpaired) electrons. The highest BCUT2D eigenvalue weighted by molar-refractivity contribution is 7.17. The summed E-state index contributed by atoms with van der Waals surface area (Å²) < 4.78 is 1.30. The Morgan fingerprint density at radius 3 is 3.00 bits per heavy atom. The molecule has 0 atom stereocenters. The van der Waals surface area contributed by atoms with Gasteiger partial charge in [0.25, 0.3) is 0 Å². The Hall–Kier alpha value is -0.860. The number of aliphatic hydroxyl groups excluding tert-OH is 1. The van der Waals surface area contributed by atoms with Crippen LogP contribution in [0.3, 0.4) is 0 Å². The highest BCUT2D eigenvalue weighted by atomic mass is 32.1. The van der Waals surface area contributed by atoms with Crippen molar-refractivity contribution in [3.63, 3.8) is 0 Å². The maximum Gasteiger partial charge on any atom is 0.0684 e. The van der Waals surface area contributed by atoms with Gasteiger partial charge in [0.2, 0.25) is 0 Å². The van der Waals surface area contributed by atoms with E-state index in [-0.39, 0.29) is 6.61 Å². The first-order chi connectivity index (χ1) is 5.81. The van der Waals surface area contributed by atoms with Gasteiger partial charge in [-0.15, -0.1) is 11.3 Å². The second-order valence-corrected chi connectivity index (χ2v) is 3.84. The van der Waals surface area contributed by atoms with Gasteiger partial charge in [-0.3, -0.25) is 0 Å². The summed E-state index contributed by atoms with van der Waals surface area (Å²) in [6.07, 6.45) is 0. The monoisotopic (exact) mass is 178 g/mol. The Balaban J connectivity index is 2.73. The van der Waals surface area contributed by atoms with Crippen LogP contribution in [0.1, 0.15) is 11.1 Å². The molecule has 2 rings (SSSR count). The molecule has 2 heteroatoms. The van der Waals surface area contributed by atoms with Crippen molar-refractivity contribution in [2.45, 2.75) is 13.5 Å². The van der Waals surface area contributed by atoms with E-state index in [1.165, 1.54) is 15.6 Å². The number of hydrogen-bond acceptors (Lipinski definition) is 2.